The highest BCUT2D eigenvalue weighted by molar-refractivity contribution is 7.47. The van der Waals surface area contributed by atoms with E-state index < -0.39 is 97.5 Å². The molecule has 17 nitrogen and oxygen atoms in total. The van der Waals surface area contributed by atoms with Gasteiger partial charge in [0.25, 0.3) is 0 Å². The number of ether oxygens (including phenoxy) is 4. The number of unbranched alkanes of at least 4 members (excludes halogenated alkanes) is 43. The first kappa shape index (κ1) is 89.1. The van der Waals surface area contributed by atoms with Gasteiger partial charge in [0, 0.05) is 25.7 Å². The minimum Gasteiger partial charge on any atom is -0.462 e. The molecule has 0 spiro atoms. The van der Waals surface area contributed by atoms with Crippen molar-refractivity contribution in [1.29, 1.82) is 0 Å². The van der Waals surface area contributed by atoms with Crippen LogP contribution >= 0.6 is 15.6 Å². The lowest BCUT2D eigenvalue weighted by atomic mass is 10.00. The summed E-state index contributed by atoms with van der Waals surface area (Å²) in [6, 6.07) is 0. The van der Waals surface area contributed by atoms with Crippen molar-refractivity contribution in [2.45, 2.75) is 393 Å². The summed E-state index contributed by atoms with van der Waals surface area (Å²) >= 11 is 0. The molecule has 0 radical (unpaired) electrons. The molecule has 0 saturated carbocycles. The maximum atomic E-state index is 13.0. The second kappa shape index (κ2) is 65.4. The number of hydrogen-bond donors (Lipinski definition) is 3. The van der Waals surface area contributed by atoms with Crippen molar-refractivity contribution in [1.82, 2.24) is 0 Å². The van der Waals surface area contributed by atoms with E-state index in [-0.39, 0.29) is 25.7 Å². The lowest BCUT2D eigenvalue weighted by Crippen LogP contribution is -2.30. The largest absolute Gasteiger partial charge is 0.472 e. The van der Waals surface area contributed by atoms with Crippen LogP contribution in [0, 0.1) is 5.92 Å². The fourth-order valence-corrected chi connectivity index (χ4v) is 12.5. The van der Waals surface area contributed by atoms with Gasteiger partial charge < -0.3 is 33.8 Å². The lowest BCUT2D eigenvalue weighted by molar-refractivity contribution is -0.161. The Labute approximate surface area is 556 Å². The number of aliphatic hydroxyl groups excluding tert-OH is 1. The molecule has 19 heteroatoms. The van der Waals surface area contributed by atoms with Crippen LogP contribution < -0.4 is 0 Å². The minimum absolute atomic E-state index is 0.103. The Bertz CT molecular complexity index is 1760. The summed E-state index contributed by atoms with van der Waals surface area (Å²) in [6.07, 6.45) is 53.0. The third-order valence-corrected chi connectivity index (χ3v) is 19.0. The van der Waals surface area contributed by atoms with Crippen molar-refractivity contribution in [2.24, 2.45) is 5.92 Å². The molecule has 0 amide bonds. The third kappa shape index (κ3) is 65.1. The van der Waals surface area contributed by atoms with Gasteiger partial charge in [-0.1, -0.05) is 324 Å². The van der Waals surface area contributed by atoms with E-state index in [2.05, 4.69) is 34.6 Å². The molecule has 0 rings (SSSR count). The number of carbonyl (C=O) groups is 4. The first-order valence-electron chi connectivity index (χ1n) is 37.7. The van der Waals surface area contributed by atoms with Crippen LogP contribution in [-0.2, 0) is 65.4 Å². The topological polar surface area (TPSA) is 237 Å². The van der Waals surface area contributed by atoms with Crippen molar-refractivity contribution < 1.29 is 80.2 Å². The standard InChI is InChI=1S/C72H140O17P2/c1-6-10-13-16-19-21-23-25-26-27-28-29-30-31-32-34-36-38-41-47-52-57-71(76)88-67(62-83-70(75)56-51-46-40-37-35-33-24-22-20-17-14-11-7-2)63-86-90(78,79)84-59-66(73)60-85-91(80,81)87-64-68(61-82-69(74)55-50-45-39-18-15-12-8-3)89-72(77)58-53-48-43-42-44-49-54-65(5)9-4/h65-68,73H,6-64H2,1-5H3,(H,78,79)(H,80,81)/t65?,66-,67-,68-/m1/s1. The van der Waals surface area contributed by atoms with E-state index in [4.69, 9.17) is 37.0 Å². The smallest absolute Gasteiger partial charge is 0.462 e. The molecule has 3 N–H and O–H groups in total. The van der Waals surface area contributed by atoms with Gasteiger partial charge in [-0.2, -0.15) is 0 Å². The van der Waals surface area contributed by atoms with Gasteiger partial charge in [-0.05, 0) is 31.6 Å². The molecule has 0 fully saturated rings. The monoisotopic (exact) mass is 1340 g/mol. The summed E-state index contributed by atoms with van der Waals surface area (Å²) in [6.45, 7) is 7.16. The predicted molar refractivity (Wildman–Crippen MR) is 368 cm³/mol. The fraction of sp³-hybridized carbons (Fsp3) is 0.944. The van der Waals surface area contributed by atoms with E-state index in [1.54, 1.807) is 0 Å². The molecule has 0 aromatic rings. The summed E-state index contributed by atoms with van der Waals surface area (Å²) in [5, 5.41) is 10.6. The maximum absolute atomic E-state index is 13.0. The van der Waals surface area contributed by atoms with Crippen molar-refractivity contribution in [3.63, 3.8) is 0 Å². The molecule has 0 heterocycles. The molecule has 0 aliphatic rings. The average Bonchev–Trinajstić information content (AvgIpc) is 3.66. The van der Waals surface area contributed by atoms with Crippen LogP contribution in [0.25, 0.3) is 0 Å². The van der Waals surface area contributed by atoms with Gasteiger partial charge in [-0.25, -0.2) is 9.13 Å². The highest BCUT2D eigenvalue weighted by Gasteiger charge is 2.30. The number of rotatable bonds is 72. The van der Waals surface area contributed by atoms with Gasteiger partial charge in [-0.3, -0.25) is 37.3 Å². The Hall–Kier alpha value is -1.94. The number of aliphatic hydroxyl groups is 1. The molecule has 540 valence electrons. The summed E-state index contributed by atoms with van der Waals surface area (Å²) in [4.78, 5) is 72.4. The van der Waals surface area contributed by atoms with Crippen LogP contribution in [-0.4, -0.2) is 96.7 Å². The molecule has 0 bridgehead atoms. The number of hydrogen-bond acceptors (Lipinski definition) is 15. The van der Waals surface area contributed by atoms with E-state index in [0.29, 0.717) is 25.7 Å². The Morgan fingerprint density at radius 2 is 0.527 bits per heavy atom. The van der Waals surface area contributed by atoms with Crippen LogP contribution in [0.3, 0.4) is 0 Å². The van der Waals surface area contributed by atoms with E-state index in [9.17, 15) is 43.2 Å². The van der Waals surface area contributed by atoms with Gasteiger partial charge in [0.05, 0.1) is 26.4 Å². The maximum Gasteiger partial charge on any atom is 0.472 e. The van der Waals surface area contributed by atoms with Crippen LogP contribution in [0.4, 0.5) is 0 Å². The van der Waals surface area contributed by atoms with Crippen LogP contribution in [0.1, 0.15) is 375 Å². The molecule has 0 saturated heterocycles. The highest BCUT2D eigenvalue weighted by Crippen LogP contribution is 2.45. The number of phosphoric ester groups is 2. The number of carbonyl (C=O) groups excluding carboxylic acids is 4. The molecular weight excluding hydrogens is 1200 g/mol. The normalized spacial score (nSPS) is 14.3. The SMILES string of the molecule is CCCCCCCCCCCCCCCCCCCCCCCC(=O)O[C@H](COC(=O)CCCCCCCCCCCCCCC)COP(=O)(O)OC[C@@H](O)COP(=O)(O)OC[C@@H](COC(=O)CCCCCCCCC)OC(=O)CCCCCCCCC(C)CC. The second-order valence-corrected chi connectivity index (χ2v) is 29.1. The third-order valence-electron chi connectivity index (χ3n) is 17.1. The Kier molecular flexibility index (Phi) is 64.0. The van der Waals surface area contributed by atoms with Gasteiger partial charge in [0.1, 0.15) is 19.3 Å². The first-order valence-corrected chi connectivity index (χ1v) is 40.7. The van der Waals surface area contributed by atoms with E-state index >= 15 is 0 Å². The molecule has 3 unspecified atom stereocenters. The highest BCUT2D eigenvalue weighted by atomic mass is 31.2. The predicted octanol–water partition coefficient (Wildman–Crippen LogP) is 20.9. The fourth-order valence-electron chi connectivity index (χ4n) is 11.0. The average molecular weight is 1340 g/mol. The van der Waals surface area contributed by atoms with Crippen LogP contribution in [0.15, 0.2) is 0 Å². The van der Waals surface area contributed by atoms with E-state index in [1.165, 1.54) is 186 Å². The zero-order chi connectivity index (χ0) is 67.0. The Morgan fingerprint density at radius 3 is 0.780 bits per heavy atom. The van der Waals surface area contributed by atoms with Gasteiger partial charge in [0.15, 0.2) is 12.2 Å². The number of esters is 4. The number of phosphoric acid groups is 2. The van der Waals surface area contributed by atoms with Crippen molar-refractivity contribution in [3.05, 3.63) is 0 Å². The quantitative estimate of drug-likeness (QED) is 0.0222. The first-order chi connectivity index (χ1) is 44.1. The van der Waals surface area contributed by atoms with E-state index in [1.807, 2.05) is 0 Å². The summed E-state index contributed by atoms with van der Waals surface area (Å²) in [5.41, 5.74) is 0. The zero-order valence-corrected chi connectivity index (χ0v) is 60.8. The Morgan fingerprint density at radius 1 is 0.308 bits per heavy atom. The van der Waals surface area contributed by atoms with Gasteiger partial charge in [-0.15, -0.1) is 0 Å². The molecule has 0 aromatic carbocycles. The lowest BCUT2D eigenvalue weighted by Gasteiger charge is -2.21. The molecule has 91 heavy (non-hydrogen) atoms. The van der Waals surface area contributed by atoms with Crippen LogP contribution in [0.2, 0.25) is 0 Å². The van der Waals surface area contributed by atoms with Crippen molar-refractivity contribution in [3.8, 4) is 0 Å². The molecule has 0 aliphatic carbocycles. The molecular formula is C72H140O17P2. The van der Waals surface area contributed by atoms with Crippen molar-refractivity contribution >= 4 is 39.5 Å². The summed E-state index contributed by atoms with van der Waals surface area (Å²) in [7, 11) is -9.90. The van der Waals surface area contributed by atoms with Gasteiger partial charge >= 0.3 is 39.5 Å². The van der Waals surface area contributed by atoms with Crippen LogP contribution in [0.5, 0.6) is 0 Å². The second-order valence-electron chi connectivity index (χ2n) is 26.2. The Balaban J connectivity index is 5.15. The summed E-state index contributed by atoms with van der Waals surface area (Å²) in [5.74, 6) is -1.41. The minimum atomic E-state index is -4.95. The van der Waals surface area contributed by atoms with Gasteiger partial charge in [0.2, 0.25) is 0 Å². The molecule has 0 aliphatic heterocycles. The molecule has 6 atom stereocenters. The molecule has 0 aromatic heterocycles. The van der Waals surface area contributed by atoms with E-state index in [0.717, 1.165) is 109 Å². The van der Waals surface area contributed by atoms with Crippen molar-refractivity contribution in [2.75, 3.05) is 39.6 Å². The zero-order valence-electron chi connectivity index (χ0n) is 59.0. The summed E-state index contributed by atoms with van der Waals surface area (Å²) < 4.78 is 68.2.